The van der Waals surface area contributed by atoms with E-state index >= 15 is 0 Å². The van der Waals surface area contributed by atoms with Gasteiger partial charge in [-0.1, -0.05) is 12.1 Å². The highest BCUT2D eigenvalue weighted by Gasteiger charge is 2.16. The summed E-state index contributed by atoms with van der Waals surface area (Å²) < 4.78 is 1.53. The summed E-state index contributed by atoms with van der Waals surface area (Å²) in [5.41, 5.74) is 2.43. The highest BCUT2D eigenvalue weighted by atomic mass is 16.1. The molecule has 3 aromatic rings. The summed E-state index contributed by atoms with van der Waals surface area (Å²) in [5.74, 6) is 0.387. The molecule has 0 bridgehead atoms. The van der Waals surface area contributed by atoms with Gasteiger partial charge in [-0.3, -0.25) is 4.79 Å². The van der Waals surface area contributed by atoms with Gasteiger partial charge in [0.1, 0.15) is 12.7 Å². The van der Waals surface area contributed by atoms with E-state index in [1.54, 1.807) is 24.7 Å². The predicted octanol–water partition coefficient (Wildman–Crippen LogP) is 2.90. The molecule has 7 heteroatoms. The fourth-order valence-corrected chi connectivity index (χ4v) is 3.20. The number of carbonyl (C=O) groups is 1. The predicted molar refractivity (Wildman–Crippen MR) is 99.6 cm³/mol. The molecule has 4 rings (SSSR count). The van der Waals surface area contributed by atoms with Gasteiger partial charge in [-0.2, -0.15) is 5.10 Å². The Kier molecular flexibility index (Phi) is 4.59. The van der Waals surface area contributed by atoms with Gasteiger partial charge in [-0.05, 0) is 43.5 Å². The second-order valence-electron chi connectivity index (χ2n) is 6.26. The second-order valence-corrected chi connectivity index (χ2v) is 6.26. The number of pyridine rings is 1. The van der Waals surface area contributed by atoms with Crippen LogP contribution in [0.1, 0.15) is 29.6 Å². The normalized spacial score (nSPS) is 14.2. The standard InChI is InChI=1S/C19H20N6O/c26-19(15-8-9-21-18(12-15)25-14-20-13-22-25)23-16-6-2-3-7-17(16)24-10-4-1-5-11-24/h2-3,6-9,12-14H,1,4-5,10-11H2,(H,23,26). The fraction of sp³-hybridized carbons (Fsp3) is 0.263. The highest BCUT2D eigenvalue weighted by Crippen LogP contribution is 2.28. The molecular formula is C19H20N6O. The van der Waals surface area contributed by atoms with Crippen molar-refractivity contribution in [1.29, 1.82) is 0 Å². The first-order valence-electron chi connectivity index (χ1n) is 8.78. The maximum atomic E-state index is 12.8. The molecule has 1 aromatic carbocycles. The lowest BCUT2D eigenvalue weighted by atomic mass is 10.1. The number of para-hydroxylation sites is 2. The maximum absolute atomic E-state index is 12.8. The molecule has 0 unspecified atom stereocenters. The third kappa shape index (κ3) is 3.42. The molecule has 1 aliphatic heterocycles. The zero-order valence-electron chi connectivity index (χ0n) is 14.4. The van der Waals surface area contributed by atoms with E-state index in [0.717, 1.165) is 24.5 Å². The van der Waals surface area contributed by atoms with Gasteiger partial charge in [-0.15, -0.1) is 0 Å². The Morgan fingerprint density at radius 1 is 1.08 bits per heavy atom. The van der Waals surface area contributed by atoms with Crippen molar-refractivity contribution in [1.82, 2.24) is 19.7 Å². The van der Waals surface area contributed by atoms with Crippen LogP contribution in [0.5, 0.6) is 0 Å². The molecule has 1 aliphatic rings. The van der Waals surface area contributed by atoms with E-state index in [-0.39, 0.29) is 5.91 Å². The van der Waals surface area contributed by atoms with Crippen LogP contribution in [0.4, 0.5) is 11.4 Å². The van der Waals surface area contributed by atoms with Gasteiger partial charge >= 0.3 is 0 Å². The van der Waals surface area contributed by atoms with Crippen LogP contribution in [0.25, 0.3) is 5.82 Å². The third-order valence-corrected chi connectivity index (χ3v) is 4.51. The summed E-state index contributed by atoms with van der Waals surface area (Å²) >= 11 is 0. The van der Waals surface area contributed by atoms with Gasteiger partial charge in [0.25, 0.3) is 5.91 Å². The highest BCUT2D eigenvalue weighted by molar-refractivity contribution is 6.06. The smallest absolute Gasteiger partial charge is 0.255 e. The van der Waals surface area contributed by atoms with E-state index in [1.165, 1.54) is 30.3 Å². The maximum Gasteiger partial charge on any atom is 0.255 e. The quantitative estimate of drug-likeness (QED) is 0.784. The van der Waals surface area contributed by atoms with Gasteiger partial charge in [0.05, 0.1) is 11.4 Å². The van der Waals surface area contributed by atoms with Crippen molar-refractivity contribution >= 4 is 17.3 Å². The second kappa shape index (κ2) is 7.35. The summed E-state index contributed by atoms with van der Waals surface area (Å²) in [6.45, 7) is 2.05. The van der Waals surface area contributed by atoms with Crippen LogP contribution in [-0.2, 0) is 0 Å². The summed E-state index contributed by atoms with van der Waals surface area (Å²) in [7, 11) is 0. The van der Waals surface area contributed by atoms with Crippen molar-refractivity contribution in [3.05, 3.63) is 60.8 Å². The van der Waals surface area contributed by atoms with E-state index in [9.17, 15) is 4.79 Å². The Bertz CT molecular complexity index is 887. The molecule has 0 atom stereocenters. The molecule has 132 valence electrons. The molecule has 26 heavy (non-hydrogen) atoms. The molecule has 0 radical (unpaired) electrons. The van der Waals surface area contributed by atoms with Crippen LogP contribution in [0.15, 0.2) is 55.2 Å². The molecule has 2 aromatic heterocycles. The van der Waals surface area contributed by atoms with Crippen LogP contribution in [-0.4, -0.2) is 38.7 Å². The van der Waals surface area contributed by atoms with Gasteiger partial charge in [0.2, 0.25) is 0 Å². The van der Waals surface area contributed by atoms with Crippen LogP contribution in [0.3, 0.4) is 0 Å². The monoisotopic (exact) mass is 348 g/mol. The van der Waals surface area contributed by atoms with Crippen LogP contribution >= 0.6 is 0 Å². The number of nitrogens with one attached hydrogen (secondary N) is 1. The minimum atomic E-state index is -0.168. The number of aromatic nitrogens is 4. The Labute approximate surface area is 151 Å². The van der Waals surface area contributed by atoms with Crippen LogP contribution in [0, 0.1) is 0 Å². The van der Waals surface area contributed by atoms with E-state index in [0.29, 0.717) is 11.4 Å². The number of anilines is 2. The van der Waals surface area contributed by atoms with Gasteiger partial charge < -0.3 is 10.2 Å². The lowest BCUT2D eigenvalue weighted by molar-refractivity contribution is 0.102. The Morgan fingerprint density at radius 3 is 2.73 bits per heavy atom. The summed E-state index contributed by atoms with van der Waals surface area (Å²) in [5, 5.41) is 7.09. The van der Waals surface area contributed by atoms with E-state index in [4.69, 9.17) is 0 Å². The average Bonchev–Trinajstić information content (AvgIpc) is 3.24. The molecule has 0 saturated carbocycles. The molecule has 1 N–H and O–H groups in total. The third-order valence-electron chi connectivity index (χ3n) is 4.51. The number of hydrogen-bond donors (Lipinski definition) is 1. The first kappa shape index (κ1) is 16.3. The number of carbonyl (C=O) groups excluding carboxylic acids is 1. The SMILES string of the molecule is O=C(Nc1ccccc1N1CCCCC1)c1ccnc(-n2cncn2)c1. The fourth-order valence-electron chi connectivity index (χ4n) is 3.20. The summed E-state index contributed by atoms with van der Waals surface area (Å²) in [6, 6.07) is 11.4. The Balaban J connectivity index is 1.56. The molecule has 1 amide bonds. The minimum absolute atomic E-state index is 0.168. The zero-order chi connectivity index (χ0) is 17.8. The number of nitrogens with zero attached hydrogens (tertiary/aromatic N) is 5. The molecule has 7 nitrogen and oxygen atoms in total. The van der Waals surface area contributed by atoms with Crippen LogP contribution in [0.2, 0.25) is 0 Å². The number of amides is 1. The number of piperidine rings is 1. The number of benzene rings is 1. The Hall–Kier alpha value is -3.22. The number of hydrogen-bond acceptors (Lipinski definition) is 5. The Morgan fingerprint density at radius 2 is 1.92 bits per heavy atom. The lowest BCUT2D eigenvalue weighted by Crippen LogP contribution is -2.30. The molecule has 3 heterocycles. The van der Waals surface area contributed by atoms with E-state index < -0.39 is 0 Å². The number of rotatable bonds is 4. The first-order chi connectivity index (χ1) is 12.8. The lowest BCUT2D eigenvalue weighted by Gasteiger charge is -2.30. The van der Waals surface area contributed by atoms with Crippen molar-refractivity contribution in [2.45, 2.75) is 19.3 Å². The van der Waals surface area contributed by atoms with E-state index in [2.05, 4.69) is 31.3 Å². The van der Waals surface area contributed by atoms with Gasteiger partial charge in [-0.25, -0.2) is 14.6 Å². The topological polar surface area (TPSA) is 75.9 Å². The molecule has 0 aliphatic carbocycles. The molecule has 0 spiro atoms. The van der Waals surface area contributed by atoms with Crippen molar-refractivity contribution < 1.29 is 4.79 Å². The van der Waals surface area contributed by atoms with Crippen molar-refractivity contribution in [3.63, 3.8) is 0 Å². The van der Waals surface area contributed by atoms with Crippen LogP contribution < -0.4 is 10.2 Å². The van der Waals surface area contributed by atoms with Crippen molar-refractivity contribution in [3.8, 4) is 5.82 Å². The minimum Gasteiger partial charge on any atom is -0.370 e. The van der Waals surface area contributed by atoms with Crippen molar-refractivity contribution in [2.75, 3.05) is 23.3 Å². The van der Waals surface area contributed by atoms with Gasteiger partial charge in [0, 0.05) is 24.8 Å². The average molecular weight is 348 g/mol. The van der Waals surface area contributed by atoms with Crippen molar-refractivity contribution in [2.24, 2.45) is 0 Å². The summed E-state index contributed by atoms with van der Waals surface area (Å²) in [6.07, 6.45) is 8.23. The summed E-state index contributed by atoms with van der Waals surface area (Å²) in [4.78, 5) is 23.3. The molecule has 1 fully saturated rings. The first-order valence-corrected chi connectivity index (χ1v) is 8.78. The molecule has 1 saturated heterocycles. The van der Waals surface area contributed by atoms with Gasteiger partial charge in [0.15, 0.2) is 5.82 Å². The zero-order valence-corrected chi connectivity index (χ0v) is 14.4. The van der Waals surface area contributed by atoms with E-state index in [1.807, 2.05) is 18.2 Å². The largest absolute Gasteiger partial charge is 0.370 e. The molecular weight excluding hydrogens is 328 g/mol.